The smallest absolute Gasteiger partial charge is 0.193 e. The van der Waals surface area contributed by atoms with Gasteiger partial charge in [-0.25, -0.2) is 0 Å². The summed E-state index contributed by atoms with van der Waals surface area (Å²) in [4.78, 5) is 24.8. The molecule has 2 saturated heterocycles. The maximum Gasteiger partial charge on any atom is 0.193 e. The molecule has 256 valence electrons. The van der Waals surface area contributed by atoms with E-state index >= 15 is 0 Å². The minimum Gasteiger partial charge on any atom is -0.381 e. The second-order valence-electron chi connectivity index (χ2n) is 16.1. The Hall–Kier alpha value is -4.19. The standard InChI is InChI=1S/C45H48N2O3/c1-42(2)29-33-9-5-7-11-37(33)40(46-42)44(21-25-49-26-22-44)35-17-13-31(14-18-35)39(48)32-15-19-36(20-16-32)45(23-27-50-28-24-45)41-38-12-8-6-10-34(38)30-43(3,4)47-41/h5-20H,21-30H2,1-4H3. The van der Waals surface area contributed by atoms with E-state index in [-0.39, 0.29) is 27.7 Å². The molecule has 5 heteroatoms. The SMILES string of the molecule is CC1(C)Cc2ccccc2C(C2(c3ccc(C(=O)c4ccc(C5(C6=NC(C)(C)Cc7ccccc76)CCOCC5)cc4)cc3)CCOCC2)=N1. The van der Waals surface area contributed by atoms with E-state index in [0.29, 0.717) is 37.6 Å². The molecular formula is C45H48N2O3. The Balaban J connectivity index is 1.11. The van der Waals surface area contributed by atoms with E-state index in [1.54, 1.807) is 0 Å². The van der Waals surface area contributed by atoms with Gasteiger partial charge in [0, 0.05) is 48.4 Å². The highest BCUT2D eigenvalue weighted by molar-refractivity contribution is 6.12. The second kappa shape index (κ2) is 12.5. The molecule has 0 aromatic heterocycles. The summed E-state index contributed by atoms with van der Waals surface area (Å²) in [5, 5.41) is 0. The van der Waals surface area contributed by atoms with Crippen molar-refractivity contribution >= 4 is 17.2 Å². The van der Waals surface area contributed by atoms with E-state index < -0.39 is 0 Å². The third-order valence-corrected chi connectivity index (χ3v) is 11.6. The van der Waals surface area contributed by atoms with Crippen LogP contribution in [0.4, 0.5) is 0 Å². The molecule has 4 aromatic rings. The molecule has 0 atom stereocenters. The number of carbonyl (C=O) groups excluding carboxylic acids is 1. The van der Waals surface area contributed by atoms with Gasteiger partial charge in [0.05, 0.1) is 22.5 Å². The van der Waals surface area contributed by atoms with Crippen LogP contribution in [0.5, 0.6) is 0 Å². The fraction of sp³-hybridized carbons (Fsp3) is 0.400. The molecule has 0 aliphatic carbocycles. The van der Waals surface area contributed by atoms with Gasteiger partial charge in [-0.15, -0.1) is 0 Å². The van der Waals surface area contributed by atoms with Crippen molar-refractivity contribution in [1.29, 1.82) is 0 Å². The van der Waals surface area contributed by atoms with Crippen LogP contribution < -0.4 is 0 Å². The quantitative estimate of drug-likeness (QED) is 0.194. The van der Waals surface area contributed by atoms with E-state index in [9.17, 15) is 4.79 Å². The van der Waals surface area contributed by atoms with Crippen LogP contribution in [0, 0.1) is 0 Å². The normalized spacial score (nSPS) is 21.6. The third kappa shape index (κ3) is 5.78. The van der Waals surface area contributed by atoms with Crippen LogP contribution in [0.25, 0.3) is 0 Å². The van der Waals surface area contributed by atoms with E-state index in [1.807, 2.05) is 24.3 Å². The molecule has 0 amide bonds. The molecule has 0 bridgehead atoms. The number of carbonyl (C=O) groups is 1. The molecule has 4 aliphatic rings. The molecule has 0 unspecified atom stereocenters. The zero-order valence-electron chi connectivity index (χ0n) is 29.9. The summed E-state index contributed by atoms with van der Waals surface area (Å²) in [7, 11) is 0. The van der Waals surface area contributed by atoms with Crippen molar-refractivity contribution in [3.8, 4) is 0 Å². The number of benzene rings is 4. The zero-order chi connectivity index (χ0) is 34.6. The molecule has 4 aromatic carbocycles. The minimum atomic E-state index is -0.262. The van der Waals surface area contributed by atoms with Crippen molar-refractivity contribution in [3.05, 3.63) is 142 Å². The third-order valence-electron chi connectivity index (χ3n) is 11.6. The van der Waals surface area contributed by atoms with Gasteiger partial charge in [0.15, 0.2) is 5.78 Å². The van der Waals surface area contributed by atoms with Gasteiger partial charge in [-0.1, -0.05) is 97.1 Å². The molecule has 0 saturated carbocycles. The highest BCUT2D eigenvalue weighted by Crippen LogP contribution is 2.44. The van der Waals surface area contributed by atoms with E-state index in [0.717, 1.165) is 49.9 Å². The van der Waals surface area contributed by atoms with Crippen LogP contribution >= 0.6 is 0 Å². The van der Waals surface area contributed by atoms with Gasteiger partial charge >= 0.3 is 0 Å². The summed E-state index contributed by atoms with van der Waals surface area (Å²) >= 11 is 0. The molecule has 0 N–H and O–H groups in total. The van der Waals surface area contributed by atoms with E-state index in [2.05, 4.69) is 100 Å². The van der Waals surface area contributed by atoms with E-state index in [1.165, 1.54) is 33.4 Å². The molecule has 2 fully saturated rings. The van der Waals surface area contributed by atoms with Crippen LogP contribution in [0.3, 0.4) is 0 Å². The molecule has 5 nitrogen and oxygen atoms in total. The zero-order valence-corrected chi connectivity index (χ0v) is 29.9. The lowest BCUT2D eigenvalue weighted by Crippen LogP contribution is -2.45. The van der Waals surface area contributed by atoms with Gasteiger partial charge in [0.1, 0.15) is 0 Å². The number of hydrogen-bond acceptors (Lipinski definition) is 5. The van der Waals surface area contributed by atoms with Crippen molar-refractivity contribution in [2.45, 2.75) is 88.1 Å². The minimum absolute atomic E-state index is 0.0353. The fourth-order valence-electron chi connectivity index (χ4n) is 9.09. The molecule has 0 spiro atoms. The van der Waals surface area contributed by atoms with E-state index in [4.69, 9.17) is 19.5 Å². The first-order chi connectivity index (χ1) is 24.1. The lowest BCUT2D eigenvalue weighted by Gasteiger charge is -2.43. The largest absolute Gasteiger partial charge is 0.381 e. The van der Waals surface area contributed by atoms with Crippen LogP contribution in [-0.2, 0) is 33.1 Å². The topological polar surface area (TPSA) is 60.2 Å². The number of hydrogen-bond donors (Lipinski definition) is 0. The summed E-state index contributed by atoms with van der Waals surface area (Å²) in [6.07, 6.45) is 5.32. The summed E-state index contributed by atoms with van der Waals surface area (Å²) < 4.78 is 11.8. The van der Waals surface area contributed by atoms with Gasteiger partial charge in [-0.05, 0) is 99.6 Å². The maximum atomic E-state index is 14.0. The lowest BCUT2D eigenvalue weighted by atomic mass is 9.66. The first-order valence-electron chi connectivity index (χ1n) is 18.4. The first kappa shape index (κ1) is 33.0. The average molecular weight is 665 g/mol. The summed E-state index contributed by atoms with van der Waals surface area (Å²) in [6.45, 7) is 11.7. The van der Waals surface area contributed by atoms with Crippen molar-refractivity contribution in [2.24, 2.45) is 9.98 Å². The summed E-state index contributed by atoms with van der Waals surface area (Å²) in [6, 6.07) is 34.2. The number of nitrogens with zero attached hydrogens (tertiary/aromatic N) is 2. The Kier molecular flexibility index (Phi) is 8.27. The Labute approximate surface area is 296 Å². The van der Waals surface area contributed by atoms with Gasteiger partial charge in [0.25, 0.3) is 0 Å². The molecule has 50 heavy (non-hydrogen) atoms. The maximum absolute atomic E-state index is 14.0. The molecular weight excluding hydrogens is 617 g/mol. The summed E-state index contributed by atoms with van der Waals surface area (Å²) in [5.41, 5.74) is 10.5. The highest BCUT2D eigenvalue weighted by Gasteiger charge is 2.45. The first-order valence-corrected chi connectivity index (χ1v) is 18.4. The average Bonchev–Trinajstić information content (AvgIpc) is 3.14. The van der Waals surface area contributed by atoms with Gasteiger partial charge in [-0.3, -0.25) is 14.8 Å². The van der Waals surface area contributed by atoms with Gasteiger partial charge in [-0.2, -0.15) is 0 Å². The van der Waals surface area contributed by atoms with Crippen molar-refractivity contribution in [1.82, 2.24) is 0 Å². The second-order valence-corrected chi connectivity index (χ2v) is 16.1. The Morgan fingerprint density at radius 1 is 0.520 bits per heavy atom. The number of rotatable bonds is 6. The fourth-order valence-corrected chi connectivity index (χ4v) is 9.09. The Morgan fingerprint density at radius 3 is 1.26 bits per heavy atom. The Bertz CT molecular complexity index is 1830. The van der Waals surface area contributed by atoms with Crippen LogP contribution in [0.2, 0.25) is 0 Å². The predicted molar refractivity (Wildman–Crippen MR) is 201 cm³/mol. The summed E-state index contributed by atoms with van der Waals surface area (Å²) in [5.74, 6) is 0.0353. The Morgan fingerprint density at radius 2 is 0.880 bits per heavy atom. The van der Waals surface area contributed by atoms with Crippen molar-refractivity contribution < 1.29 is 14.3 Å². The van der Waals surface area contributed by atoms with Crippen molar-refractivity contribution in [2.75, 3.05) is 26.4 Å². The van der Waals surface area contributed by atoms with Crippen LogP contribution in [0.1, 0.15) is 103 Å². The predicted octanol–water partition coefficient (Wildman–Crippen LogP) is 8.66. The number of ketones is 1. The molecule has 4 heterocycles. The van der Waals surface area contributed by atoms with Gasteiger partial charge < -0.3 is 9.47 Å². The molecule has 8 rings (SSSR count). The van der Waals surface area contributed by atoms with Gasteiger partial charge in [0.2, 0.25) is 0 Å². The van der Waals surface area contributed by atoms with Crippen LogP contribution in [0.15, 0.2) is 107 Å². The number of ether oxygens (including phenoxy) is 2. The number of aliphatic imine (C=N–C) groups is 2. The molecule has 0 radical (unpaired) electrons. The molecule has 4 aliphatic heterocycles. The van der Waals surface area contributed by atoms with Crippen molar-refractivity contribution in [3.63, 3.8) is 0 Å². The number of fused-ring (bicyclic) bond motifs is 2. The van der Waals surface area contributed by atoms with Crippen LogP contribution in [-0.4, -0.2) is 54.7 Å². The monoisotopic (exact) mass is 664 g/mol. The highest BCUT2D eigenvalue weighted by atomic mass is 16.5. The lowest BCUT2D eigenvalue weighted by molar-refractivity contribution is 0.0705.